The Kier molecular flexibility index (Phi) is 5.39. The van der Waals surface area contributed by atoms with Crippen LogP contribution in [0.4, 0.5) is 5.69 Å². The zero-order chi connectivity index (χ0) is 15.2. The summed E-state index contributed by atoms with van der Waals surface area (Å²) < 4.78 is 1.39. The Bertz CT molecular complexity index is 638. The number of aromatic nitrogens is 2. The summed E-state index contributed by atoms with van der Waals surface area (Å²) in [4.78, 5) is 12.0. The topological polar surface area (TPSA) is 46.9 Å². The molecule has 5 heteroatoms. The number of rotatable bonds is 6. The van der Waals surface area contributed by atoms with Crippen LogP contribution in [0, 0.1) is 0 Å². The van der Waals surface area contributed by atoms with Gasteiger partial charge < -0.3 is 5.32 Å². The predicted molar refractivity (Wildman–Crippen MR) is 87.1 cm³/mol. The van der Waals surface area contributed by atoms with E-state index in [2.05, 4.69) is 22.5 Å². The molecule has 2 rings (SSSR count). The summed E-state index contributed by atoms with van der Waals surface area (Å²) in [7, 11) is 0. The first-order valence-corrected chi connectivity index (χ1v) is 7.52. The van der Waals surface area contributed by atoms with Gasteiger partial charge in [-0.15, -0.1) is 0 Å². The number of anilines is 1. The molecule has 0 saturated carbocycles. The summed E-state index contributed by atoms with van der Waals surface area (Å²) in [5, 5.41) is 7.52. The first-order chi connectivity index (χ1) is 10.1. The van der Waals surface area contributed by atoms with Crippen LogP contribution in [-0.4, -0.2) is 16.3 Å². The van der Waals surface area contributed by atoms with Gasteiger partial charge in [0.2, 0.25) is 0 Å². The average Bonchev–Trinajstić information content (AvgIpc) is 2.48. The Labute approximate surface area is 129 Å². The molecule has 1 aromatic carbocycles. The fraction of sp³-hybridized carbons (Fsp3) is 0.375. The number of hydrogen-bond acceptors (Lipinski definition) is 3. The van der Waals surface area contributed by atoms with Crippen LogP contribution in [0.15, 0.2) is 41.3 Å². The molecule has 0 fully saturated rings. The van der Waals surface area contributed by atoms with Crippen molar-refractivity contribution in [3.8, 4) is 0 Å². The SMILES string of the molecule is CC(C)n1ncc(NCCCc2ccccc2)c(Cl)c1=O. The molecule has 112 valence electrons. The van der Waals surface area contributed by atoms with Crippen molar-refractivity contribution in [1.29, 1.82) is 0 Å². The highest BCUT2D eigenvalue weighted by atomic mass is 35.5. The van der Waals surface area contributed by atoms with Crippen LogP contribution in [0.5, 0.6) is 0 Å². The summed E-state index contributed by atoms with van der Waals surface area (Å²) in [5.41, 5.74) is 1.66. The third kappa shape index (κ3) is 4.08. The van der Waals surface area contributed by atoms with Crippen LogP contribution in [0.1, 0.15) is 31.9 Å². The van der Waals surface area contributed by atoms with E-state index in [0.29, 0.717) is 5.69 Å². The molecule has 1 N–H and O–H groups in total. The lowest BCUT2D eigenvalue weighted by molar-refractivity contribution is 0.503. The smallest absolute Gasteiger partial charge is 0.287 e. The molecular formula is C16H20ClN3O. The lowest BCUT2D eigenvalue weighted by atomic mass is 10.1. The Balaban J connectivity index is 1.92. The maximum Gasteiger partial charge on any atom is 0.287 e. The predicted octanol–water partition coefficient (Wildman–Crippen LogP) is 3.52. The van der Waals surface area contributed by atoms with Gasteiger partial charge in [-0.25, -0.2) is 4.68 Å². The van der Waals surface area contributed by atoms with E-state index in [1.165, 1.54) is 10.2 Å². The molecular weight excluding hydrogens is 286 g/mol. The molecule has 0 saturated heterocycles. The highest BCUT2D eigenvalue weighted by molar-refractivity contribution is 6.32. The summed E-state index contributed by atoms with van der Waals surface area (Å²) in [6.07, 6.45) is 3.57. The molecule has 0 unspecified atom stereocenters. The van der Waals surface area contributed by atoms with E-state index >= 15 is 0 Å². The van der Waals surface area contributed by atoms with Crippen molar-refractivity contribution >= 4 is 17.3 Å². The minimum atomic E-state index is -0.250. The molecule has 0 aliphatic carbocycles. The van der Waals surface area contributed by atoms with Gasteiger partial charge in [-0.3, -0.25) is 4.79 Å². The molecule has 0 aliphatic rings. The van der Waals surface area contributed by atoms with E-state index in [4.69, 9.17) is 11.6 Å². The lowest BCUT2D eigenvalue weighted by Crippen LogP contribution is -2.25. The quantitative estimate of drug-likeness (QED) is 0.831. The lowest BCUT2D eigenvalue weighted by Gasteiger charge is -2.12. The second-order valence-electron chi connectivity index (χ2n) is 5.23. The van der Waals surface area contributed by atoms with Crippen LogP contribution >= 0.6 is 11.6 Å². The van der Waals surface area contributed by atoms with Crippen molar-refractivity contribution in [1.82, 2.24) is 9.78 Å². The molecule has 0 radical (unpaired) electrons. The van der Waals surface area contributed by atoms with Gasteiger partial charge in [0.25, 0.3) is 5.56 Å². The van der Waals surface area contributed by atoms with Gasteiger partial charge in [0.1, 0.15) is 5.02 Å². The maximum atomic E-state index is 12.0. The van der Waals surface area contributed by atoms with Crippen LogP contribution < -0.4 is 10.9 Å². The largest absolute Gasteiger partial charge is 0.382 e. The second kappa shape index (κ2) is 7.27. The van der Waals surface area contributed by atoms with Crippen molar-refractivity contribution in [3.63, 3.8) is 0 Å². The number of aryl methyl sites for hydroxylation is 1. The van der Waals surface area contributed by atoms with Crippen molar-refractivity contribution in [2.75, 3.05) is 11.9 Å². The zero-order valence-electron chi connectivity index (χ0n) is 12.3. The van der Waals surface area contributed by atoms with Crippen LogP contribution in [0.3, 0.4) is 0 Å². The van der Waals surface area contributed by atoms with Gasteiger partial charge in [0, 0.05) is 6.54 Å². The fourth-order valence-corrected chi connectivity index (χ4v) is 2.30. The molecule has 0 amide bonds. The number of hydrogen-bond donors (Lipinski definition) is 1. The van der Waals surface area contributed by atoms with Crippen molar-refractivity contribution in [3.05, 3.63) is 57.5 Å². The molecule has 2 aromatic rings. The van der Waals surface area contributed by atoms with Crippen LogP contribution in [0.25, 0.3) is 0 Å². The van der Waals surface area contributed by atoms with Crippen LogP contribution in [-0.2, 0) is 6.42 Å². The van der Waals surface area contributed by atoms with E-state index in [1.807, 2.05) is 32.0 Å². The highest BCUT2D eigenvalue weighted by Gasteiger charge is 2.10. The minimum absolute atomic E-state index is 0.00197. The van der Waals surface area contributed by atoms with Crippen LogP contribution in [0.2, 0.25) is 5.02 Å². The third-order valence-corrected chi connectivity index (χ3v) is 3.60. The molecule has 0 spiro atoms. The van der Waals surface area contributed by atoms with Gasteiger partial charge in [0.15, 0.2) is 0 Å². The van der Waals surface area contributed by atoms with Crippen molar-refractivity contribution in [2.24, 2.45) is 0 Å². The average molecular weight is 306 g/mol. The minimum Gasteiger partial charge on any atom is -0.382 e. The monoisotopic (exact) mass is 305 g/mol. The number of nitrogens with zero attached hydrogens (tertiary/aromatic N) is 2. The number of benzene rings is 1. The Morgan fingerprint density at radius 1 is 1.29 bits per heavy atom. The molecule has 1 aromatic heterocycles. The standard InChI is InChI=1S/C16H20ClN3O/c1-12(2)20-16(21)15(17)14(11-19-20)18-10-6-9-13-7-4-3-5-8-13/h3-5,7-8,11-12,18H,6,9-10H2,1-2H3. The van der Waals surface area contributed by atoms with Gasteiger partial charge in [0.05, 0.1) is 17.9 Å². The Morgan fingerprint density at radius 3 is 2.67 bits per heavy atom. The highest BCUT2D eigenvalue weighted by Crippen LogP contribution is 2.16. The third-order valence-electron chi connectivity index (χ3n) is 3.23. The zero-order valence-corrected chi connectivity index (χ0v) is 13.1. The van der Waals surface area contributed by atoms with E-state index in [0.717, 1.165) is 19.4 Å². The van der Waals surface area contributed by atoms with Gasteiger partial charge in [-0.1, -0.05) is 41.9 Å². The normalized spacial score (nSPS) is 10.9. The fourth-order valence-electron chi connectivity index (χ4n) is 2.10. The van der Waals surface area contributed by atoms with Gasteiger partial charge >= 0.3 is 0 Å². The van der Waals surface area contributed by atoms with Crippen molar-refractivity contribution in [2.45, 2.75) is 32.7 Å². The maximum absolute atomic E-state index is 12.0. The van der Waals surface area contributed by atoms with E-state index in [9.17, 15) is 4.79 Å². The summed E-state index contributed by atoms with van der Waals surface area (Å²) in [5.74, 6) is 0. The molecule has 21 heavy (non-hydrogen) atoms. The first-order valence-electron chi connectivity index (χ1n) is 7.14. The molecule has 0 bridgehead atoms. The summed E-state index contributed by atoms with van der Waals surface area (Å²) in [6, 6.07) is 10.3. The summed E-state index contributed by atoms with van der Waals surface area (Å²) in [6.45, 7) is 4.55. The Morgan fingerprint density at radius 2 is 2.00 bits per heavy atom. The Hall–Kier alpha value is -1.81. The molecule has 1 heterocycles. The van der Waals surface area contributed by atoms with E-state index < -0.39 is 0 Å². The second-order valence-corrected chi connectivity index (χ2v) is 5.61. The first kappa shape index (κ1) is 15.6. The molecule has 0 aliphatic heterocycles. The van der Waals surface area contributed by atoms with E-state index in [-0.39, 0.29) is 16.6 Å². The molecule has 4 nitrogen and oxygen atoms in total. The van der Waals surface area contributed by atoms with Gasteiger partial charge in [-0.2, -0.15) is 5.10 Å². The number of nitrogens with one attached hydrogen (secondary N) is 1. The van der Waals surface area contributed by atoms with E-state index in [1.54, 1.807) is 6.20 Å². The van der Waals surface area contributed by atoms with Gasteiger partial charge in [-0.05, 0) is 32.3 Å². The number of halogens is 1. The van der Waals surface area contributed by atoms with Crippen molar-refractivity contribution < 1.29 is 0 Å². The summed E-state index contributed by atoms with van der Waals surface area (Å²) >= 11 is 6.10. The molecule has 0 atom stereocenters.